The van der Waals surface area contributed by atoms with Crippen molar-refractivity contribution >= 4 is 40.4 Å². The quantitative estimate of drug-likeness (QED) is 0.460. The highest BCUT2D eigenvalue weighted by Crippen LogP contribution is 2.22. The van der Waals surface area contributed by atoms with Gasteiger partial charge in [-0.15, -0.1) is 0 Å². The van der Waals surface area contributed by atoms with Crippen LogP contribution in [0.15, 0.2) is 58.2 Å². The minimum absolute atomic E-state index is 0.146. The molecule has 3 rings (SSSR count). The molecule has 7 nitrogen and oxygen atoms in total. The predicted molar refractivity (Wildman–Crippen MR) is 112 cm³/mol. The van der Waals surface area contributed by atoms with Crippen molar-refractivity contribution in [1.29, 1.82) is 0 Å². The van der Waals surface area contributed by atoms with E-state index >= 15 is 0 Å². The van der Waals surface area contributed by atoms with Gasteiger partial charge in [-0.2, -0.15) is 0 Å². The monoisotopic (exact) mass is 409 g/mol. The van der Waals surface area contributed by atoms with E-state index in [9.17, 15) is 9.59 Å². The number of thioether (sulfide) groups is 1. The molecule has 2 aromatic carbocycles. The van der Waals surface area contributed by atoms with Gasteiger partial charge in [0.15, 0.2) is 5.58 Å². The van der Waals surface area contributed by atoms with Crippen LogP contribution in [0.1, 0.15) is 6.92 Å². The topological polar surface area (TPSA) is 93.5 Å². The van der Waals surface area contributed by atoms with Crippen molar-refractivity contribution in [3.05, 3.63) is 48.5 Å². The molecule has 29 heavy (non-hydrogen) atoms. The number of fused-ring (bicyclic) bond motifs is 1. The van der Waals surface area contributed by atoms with E-state index in [1.54, 1.807) is 24.3 Å². The van der Waals surface area contributed by atoms with Crippen molar-refractivity contribution in [2.75, 3.05) is 24.2 Å². The Morgan fingerprint density at radius 3 is 2.86 bits per heavy atom. The molecule has 0 fully saturated rings. The Balaban J connectivity index is 1.35. The van der Waals surface area contributed by atoms with E-state index in [1.807, 2.05) is 24.3 Å². The van der Waals surface area contributed by atoms with Crippen LogP contribution in [0.25, 0.3) is 11.1 Å². The second kappa shape index (κ2) is 10.2. The van der Waals surface area contributed by atoms with E-state index < -0.39 is 0 Å². The number of rotatable bonds is 7. The molecule has 0 aliphatic heterocycles. The van der Waals surface area contributed by atoms with Gasteiger partial charge in [0, 0.05) is 18.7 Å². The number of oxazole rings is 1. The third-order valence-corrected chi connectivity index (χ3v) is 4.39. The maximum Gasteiger partial charge on any atom is 0.257 e. The standard InChI is InChI=1S/C21H19N3O4S/c1-15(25)23-16-7-6-8-17(13-16)27-12-5-4-11-22-20(26)14-29-21-24-18-9-2-3-10-19(18)28-21/h2-3,6-10,13H,11-12,14H2,1H3,(H,22,26)(H,23,25). The number of ether oxygens (including phenoxy) is 1. The molecule has 0 saturated carbocycles. The molecule has 2 amide bonds. The summed E-state index contributed by atoms with van der Waals surface area (Å²) in [5.74, 6) is 6.15. The summed E-state index contributed by atoms with van der Waals surface area (Å²) in [6.45, 7) is 1.85. The Hall–Kier alpha value is -3.44. The summed E-state index contributed by atoms with van der Waals surface area (Å²) in [4.78, 5) is 27.2. The maximum atomic E-state index is 11.9. The average molecular weight is 409 g/mol. The van der Waals surface area contributed by atoms with Gasteiger partial charge in [-0.1, -0.05) is 41.8 Å². The number of carbonyl (C=O) groups is 2. The molecule has 1 aromatic heterocycles. The van der Waals surface area contributed by atoms with Gasteiger partial charge in [0.25, 0.3) is 5.22 Å². The Morgan fingerprint density at radius 1 is 1.17 bits per heavy atom. The summed E-state index contributed by atoms with van der Waals surface area (Å²) >= 11 is 1.23. The van der Waals surface area contributed by atoms with Gasteiger partial charge in [0.2, 0.25) is 11.8 Å². The highest BCUT2D eigenvalue weighted by Gasteiger charge is 2.08. The Labute approximate surface area is 172 Å². The number of nitrogens with zero attached hydrogens (tertiary/aromatic N) is 1. The van der Waals surface area contributed by atoms with Gasteiger partial charge in [-0.25, -0.2) is 4.98 Å². The molecule has 1 heterocycles. The van der Waals surface area contributed by atoms with Gasteiger partial charge < -0.3 is 19.8 Å². The molecular weight excluding hydrogens is 390 g/mol. The van der Waals surface area contributed by atoms with Gasteiger partial charge in [0.05, 0.1) is 12.3 Å². The number of benzene rings is 2. The number of para-hydroxylation sites is 2. The molecule has 0 atom stereocenters. The first-order chi connectivity index (χ1) is 14.1. The zero-order valence-electron chi connectivity index (χ0n) is 15.7. The van der Waals surface area contributed by atoms with Gasteiger partial charge in [-0.05, 0) is 24.3 Å². The van der Waals surface area contributed by atoms with Crippen molar-refractivity contribution in [3.63, 3.8) is 0 Å². The molecule has 0 bridgehead atoms. The van der Waals surface area contributed by atoms with E-state index in [4.69, 9.17) is 9.15 Å². The fraction of sp³-hybridized carbons (Fsp3) is 0.190. The lowest BCUT2D eigenvalue weighted by Crippen LogP contribution is -2.25. The zero-order chi connectivity index (χ0) is 20.5. The van der Waals surface area contributed by atoms with Crippen molar-refractivity contribution in [2.45, 2.75) is 12.1 Å². The molecule has 8 heteroatoms. The minimum Gasteiger partial charge on any atom is -0.481 e. The third-order valence-electron chi connectivity index (χ3n) is 3.57. The van der Waals surface area contributed by atoms with E-state index in [1.165, 1.54) is 18.7 Å². The maximum absolute atomic E-state index is 11.9. The summed E-state index contributed by atoms with van der Waals surface area (Å²) in [5, 5.41) is 5.85. The summed E-state index contributed by atoms with van der Waals surface area (Å²) in [6, 6.07) is 14.5. The molecule has 3 aromatic rings. The van der Waals surface area contributed by atoms with E-state index in [0.29, 0.717) is 22.2 Å². The van der Waals surface area contributed by atoms with E-state index in [-0.39, 0.29) is 30.7 Å². The van der Waals surface area contributed by atoms with Gasteiger partial charge >= 0.3 is 0 Å². The second-order valence-corrected chi connectivity index (χ2v) is 6.79. The Kier molecular flexibility index (Phi) is 7.14. The van der Waals surface area contributed by atoms with Crippen LogP contribution < -0.4 is 15.4 Å². The van der Waals surface area contributed by atoms with E-state index in [2.05, 4.69) is 27.5 Å². The number of amides is 2. The average Bonchev–Trinajstić information content (AvgIpc) is 3.12. The van der Waals surface area contributed by atoms with Crippen LogP contribution in [0.5, 0.6) is 5.75 Å². The van der Waals surface area contributed by atoms with Crippen molar-refractivity contribution in [1.82, 2.24) is 10.3 Å². The zero-order valence-corrected chi connectivity index (χ0v) is 16.5. The predicted octanol–water partition coefficient (Wildman–Crippen LogP) is 3.08. The first-order valence-electron chi connectivity index (χ1n) is 8.81. The largest absolute Gasteiger partial charge is 0.481 e. The molecular formula is C21H19N3O4S. The number of hydrogen-bond acceptors (Lipinski definition) is 6. The first kappa shape index (κ1) is 20.3. The van der Waals surface area contributed by atoms with Crippen molar-refractivity contribution < 1.29 is 18.7 Å². The van der Waals surface area contributed by atoms with Gasteiger partial charge in [-0.3, -0.25) is 9.59 Å². The highest BCUT2D eigenvalue weighted by atomic mass is 32.2. The van der Waals surface area contributed by atoms with Crippen LogP contribution in [0.2, 0.25) is 0 Å². The summed E-state index contributed by atoms with van der Waals surface area (Å²) in [6.07, 6.45) is 0. The fourth-order valence-electron chi connectivity index (χ4n) is 2.33. The molecule has 0 radical (unpaired) electrons. The number of carbonyl (C=O) groups excluding carboxylic acids is 2. The van der Waals surface area contributed by atoms with E-state index in [0.717, 1.165) is 5.52 Å². The molecule has 148 valence electrons. The van der Waals surface area contributed by atoms with Gasteiger partial charge in [0.1, 0.15) is 17.9 Å². The van der Waals surface area contributed by atoms with Crippen LogP contribution in [0.3, 0.4) is 0 Å². The molecule has 0 unspecified atom stereocenters. The first-order valence-corrected chi connectivity index (χ1v) is 9.80. The van der Waals surface area contributed by atoms with Crippen molar-refractivity contribution in [2.24, 2.45) is 0 Å². The summed E-state index contributed by atoms with van der Waals surface area (Å²) in [5.41, 5.74) is 2.12. The number of aromatic nitrogens is 1. The lowest BCUT2D eigenvalue weighted by Gasteiger charge is -2.05. The Morgan fingerprint density at radius 2 is 2.03 bits per heavy atom. The van der Waals surface area contributed by atoms with Crippen LogP contribution in [0.4, 0.5) is 5.69 Å². The fourth-order valence-corrected chi connectivity index (χ4v) is 3.00. The van der Waals surface area contributed by atoms with Crippen LogP contribution in [-0.4, -0.2) is 35.7 Å². The smallest absolute Gasteiger partial charge is 0.257 e. The van der Waals surface area contributed by atoms with Crippen LogP contribution in [0, 0.1) is 11.8 Å². The number of hydrogen-bond donors (Lipinski definition) is 2. The number of nitrogens with one attached hydrogen (secondary N) is 2. The molecule has 2 N–H and O–H groups in total. The molecule has 0 aliphatic rings. The molecule has 0 aliphatic carbocycles. The Bertz CT molecular complexity index is 1040. The summed E-state index contributed by atoms with van der Waals surface area (Å²) in [7, 11) is 0. The van der Waals surface area contributed by atoms with Crippen molar-refractivity contribution in [3.8, 4) is 17.6 Å². The van der Waals surface area contributed by atoms with Crippen LogP contribution >= 0.6 is 11.8 Å². The SMILES string of the molecule is CC(=O)Nc1cccc(OCC#CCNC(=O)CSc2nc3ccccc3o2)c1. The lowest BCUT2D eigenvalue weighted by molar-refractivity contribution is -0.118. The summed E-state index contributed by atoms with van der Waals surface area (Å²) < 4.78 is 11.1. The number of anilines is 1. The molecule has 0 spiro atoms. The minimum atomic E-state index is -0.157. The lowest BCUT2D eigenvalue weighted by atomic mass is 10.3. The highest BCUT2D eigenvalue weighted by molar-refractivity contribution is 7.99. The third kappa shape index (κ3) is 6.59. The molecule has 0 saturated heterocycles. The normalized spacial score (nSPS) is 10.1. The second-order valence-electron chi connectivity index (χ2n) is 5.86. The van der Waals surface area contributed by atoms with Crippen LogP contribution in [-0.2, 0) is 9.59 Å².